The van der Waals surface area contributed by atoms with Gasteiger partial charge in [-0.25, -0.2) is 0 Å². The van der Waals surface area contributed by atoms with Crippen LogP contribution in [0.4, 0.5) is 5.69 Å². The molecule has 0 spiro atoms. The fraction of sp³-hybridized carbons (Fsp3) is 0.400. The molecule has 1 aromatic carbocycles. The van der Waals surface area contributed by atoms with E-state index in [4.69, 9.17) is 4.74 Å². The summed E-state index contributed by atoms with van der Waals surface area (Å²) < 4.78 is 4.94. The van der Waals surface area contributed by atoms with Crippen LogP contribution < -0.4 is 0 Å². The number of benzene rings is 1. The Morgan fingerprint density at radius 3 is 2.00 bits per heavy atom. The summed E-state index contributed by atoms with van der Waals surface area (Å²) in [5.74, 6) is 0. The van der Waals surface area contributed by atoms with Crippen molar-refractivity contribution in [1.82, 2.24) is 0 Å². The van der Waals surface area contributed by atoms with Crippen LogP contribution in [0.1, 0.15) is 12.8 Å². The zero-order valence-electron chi connectivity index (χ0n) is 7.89. The molecular formula is C10H13NO3. The van der Waals surface area contributed by atoms with E-state index in [0.717, 1.165) is 13.2 Å². The lowest BCUT2D eigenvalue weighted by Gasteiger charge is -1.85. The Hall–Kier alpha value is -1.42. The summed E-state index contributed by atoms with van der Waals surface area (Å²) in [6.07, 6.45) is 2.56. The molecule has 0 bridgehead atoms. The molecule has 0 amide bonds. The summed E-state index contributed by atoms with van der Waals surface area (Å²) in [4.78, 5) is 9.59. The summed E-state index contributed by atoms with van der Waals surface area (Å²) in [6, 6.07) is 7.93. The molecule has 1 heterocycles. The third kappa shape index (κ3) is 4.00. The van der Waals surface area contributed by atoms with Gasteiger partial charge in [-0.2, -0.15) is 0 Å². The molecule has 0 saturated carbocycles. The molecule has 0 aliphatic carbocycles. The maximum Gasteiger partial charge on any atom is 0.269 e. The average Bonchev–Trinajstić information content (AvgIpc) is 2.77. The van der Waals surface area contributed by atoms with Crippen molar-refractivity contribution in [3.05, 3.63) is 40.4 Å². The number of non-ortho nitro benzene ring substituents is 1. The monoisotopic (exact) mass is 195 g/mol. The Bertz CT molecular complexity index is 262. The predicted octanol–water partition coefficient (Wildman–Crippen LogP) is 2.39. The maximum absolute atomic E-state index is 10.0. The molecule has 0 radical (unpaired) electrons. The van der Waals surface area contributed by atoms with E-state index in [2.05, 4.69) is 0 Å². The second kappa shape index (κ2) is 6.10. The van der Waals surface area contributed by atoms with E-state index in [-0.39, 0.29) is 5.69 Å². The molecule has 2 rings (SSSR count). The lowest BCUT2D eigenvalue weighted by atomic mass is 10.3. The van der Waals surface area contributed by atoms with Crippen molar-refractivity contribution in [3.63, 3.8) is 0 Å². The van der Waals surface area contributed by atoms with Crippen LogP contribution in [-0.2, 0) is 4.74 Å². The van der Waals surface area contributed by atoms with Gasteiger partial charge >= 0.3 is 0 Å². The number of nitro benzene ring substituents is 1. The van der Waals surface area contributed by atoms with Gasteiger partial charge in [0.1, 0.15) is 0 Å². The summed E-state index contributed by atoms with van der Waals surface area (Å²) >= 11 is 0. The van der Waals surface area contributed by atoms with Gasteiger partial charge in [-0.1, -0.05) is 18.2 Å². The fourth-order valence-electron chi connectivity index (χ4n) is 1.06. The second-order valence-electron chi connectivity index (χ2n) is 2.91. The largest absolute Gasteiger partial charge is 0.381 e. The van der Waals surface area contributed by atoms with Crippen molar-refractivity contribution < 1.29 is 9.66 Å². The molecule has 1 aliphatic rings. The van der Waals surface area contributed by atoms with Gasteiger partial charge in [0.2, 0.25) is 0 Å². The number of hydrogen-bond acceptors (Lipinski definition) is 3. The van der Waals surface area contributed by atoms with Crippen LogP contribution in [0.2, 0.25) is 0 Å². The first-order chi connectivity index (χ1) is 6.80. The van der Waals surface area contributed by atoms with Crippen molar-refractivity contribution in [2.45, 2.75) is 12.8 Å². The molecule has 4 heteroatoms. The van der Waals surface area contributed by atoms with E-state index in [9.17, 15) is 10.1 Å². The zero-order valence-corrected chi connectivity index (χ0v) is 7.89. The first-order valence-corrected chi connectivity index (χ1v) is 4.58. The molecule has 4 nitrogen and oxygen atoms in total. The summed E-state index contributed by atoms with van der Waals surface area (Å²) in [5.41, 5.74) is 0.137. The molecule has 1 fully saturated rings. The van der Waals surface area contributed by atoms with Gasteiger partial charge in [0.25, 0.3) is 5.69 Å². The minimum atomic E-state index is -0.417. The minimum Gasteiger partial charge on any atom is -0.381 e. The van der Waals surface area contributed by atoms with E-state index in [0.29, 0.717) is 0 Å². The quantitative estimate of drug-likeness (QED) is 0.510. The van der Waals surface area contributed by atoms with Crippen molar-refractivity contribution in [2.75, 3.05) is 13.2 Å². The van der Waals surface area contributed by atoms with Crippen LogP contribution in [0.25, 0.3) is 0 Å². The predicted molar refractivity (Wildman–Crippen MR) is 53.1 cm³/mol. The van der Waals surface area contributed by atoms with Crippen LogP contribution in [0.15, 0.2) is 30.3 Å². The molecule has 1 aliphatic heterocycles. The van der Waals surface area contributed by atoms with Crippen LogP contribution in [0, 0.1) is 10.1 Å². The van der Waals surface area contributed by atoms with E-state index in [1.54, 1.807) is 18.2 Å². The van der Waals surface area contributed by atoms with Gasteiger partial charge in [0.05, 0.1) is 4.92 Å². The van der Waals surface area contributed by atoms with E-state index >= 15 is 0 Å². The molecule has 0 N–H and O–H groups in total. The Morgan fingerprint density at radius 1 is 1.14 bits per heavy atom. The molecule has 1 aromatic rings. The number of para-hydroxylation sites is 1. The van der Waals surface area contributed by atoms with Gasteiger partial charge in [-0.05, 0) is 12.8 Å². The molecule has 0 unspecified atom stereocenters. The smallest absolute Gasteiger partial charge is 0.269 e. The summed E-state index contributed by atoms with van der Waals surface area (Å²) in [7, 11) is 0. The first-order valence-electron chi connectivity index (χ1n) is 4.58. The van der Waals surface area contributed by atoms with Crippen LogP contribution in [0.3, 0.4) is 0 Å². The third-order valence-electron chi connectivity index (χ3n) is 1.79. The molecule has 0 aromatic heterocycles. The van der Waals surface area contributed by atoms with Gasteiger partial charge in [-0.3, -0.25) is 10.1 Å². The highest BCUT2D eigenvalue weighted by molar-refractivity contribution is 5.27. The Morgan fingerprint density at radius 2 is 1.71 bits per heavy atom. The molecule has 1 saturated heterocycles. The molecule has 0 atom stereocenters. The summed E-state index contributed by atoms with van der Waals surface area (Å²) in [5, 5.41) is 10.0. The van der Waals surface area contributed by atoms with Crippen LogP contribution in [-0.4, -0.2) is 18.1 Å². The Balaban J connectivity index is 0.000000165. The lowest BCUT2D eigenvalue weighted by molar-refractivity contribution is -0.384. The SMILES string of the molecule is C1CCOC1.O=[N+]([O-])c1ccccc1. The average molecular weight is 195 g/mol. The highest BCUT2D eigenvalue weighted by atomic mass is 16.6. The second-order valence-corrected chi connectivity index (χ2v) is 2.91. The number of rotatable bonds is 1. The molecular weight excluding hydrogens is 182 g/mol. The highest BCUT2D eigenvalue weighted by Gasteiger charge is 1.98. The number of hydrogen-bond donors (Lipinski definition) is 0. The zero-order chi connectivity index (χ0) is 10.2. The standard InChI is InChI=1S/C6H5NO2.C4H8O/c8-7(9)6-4-2-1-3-5-6;1-2-4-5-3-1/h1-5H;1-4H2. The fourth-order valence-corrected chi connectivity index (χ4v) is 1.06. The van der Waals surface area contributed by atoms with Gasteiger partial charge < -0.3 is 4.74 Å². The van der Waals surface area contributed by atoms with E-state index in [1.165, 1.54) is 25.0 Å². The van der Waals surface area contributed by atoms with E-state index in [1.807, 2.05) is 0 Å². The molecule has 14 heavy (non-hydrogen) atoms. The van der Waals surface area contributed by atoms with E-state index < -0.39 is 4.92 Å². The van der Waals surface area contributed by atoms with Crippen molar-refractivity contribution in [1.29, 1.82) is 0 Å². The Kier molecular flexibility index (Phi) is 4.64. The summed E-state index contributed by atoms with van der Waals surface area (Å²) in [6.45, 7) is 2.00. The van der Waals surface area contributed by atoms with Crippen molar-refractivity contribution >= 4 is 5.69 Å². The maximum atomic E-state index is 10.0. The van der Waals surface area contributed by atoms with Gasteiger partial charge in [0, 0.05) is 25.3 Å². The highest BCUT2D eigenvalue weighted by Crippen LogP contribution is 2.06. The molecule has 76 valence electrons. The van der Waals surface area contributed by atoms with Gasteiger partial charge in [-0.15, -0.1) is 0 Å². The number of nitrogens with zero attached hydrogens (tertiary/aromatic N) is 1. The van der Waals surface area contributed by atoms with Gasteiger partial charge in [0.15, 0.2) is 0 Å². The topological polar surface area (TPSA) is 52.4 Å². The number of nitro groups is 1. The Labute approximate surface area is 82.7 Å². The lowest BCUT2D eigenvalue weighted by Crippen LogP contribution is -1.84. The number of ether oxygens (including phenoxy) is 1. The van der Waals surface area contributed by atoms with Crippen LogP contribution in [0.5, 0.6) is 0 Å². The van der Waals surface area contributed by atoms with Crippen LogP contribution >= 0.6 is 0 Å². The minimum absolute atomic E-state index is 0.137. The van der Waals surface area contributed by atoms with Crippen molar-refractivity contribution in [3.8, 4) is 0 Å². The first kappa shape index (κ1) is 10.7. The normalized spacial score (nSPS) is 14.3. The third-order valence-corrected chi connectivity index (χ3v) is 1.79. The van der Waals surface area contributed by atoms with Crippen molar-refractivity contribution in [2.24, 2.45) is 0 Å².